The van der Waals surface area contributed by atoms with E-state index < -0.39 is 0 Å². The van der Waals surface area contributed by atoms with Crippen LogP contribution in [0.15, 0.2) is 12.1 Å². The van der Waals surface area contributed by atoms with Crippen molar-refractivity contribution in [2.24, 2.45) is 5.92 Å². The molecule has 0 aromatic heterocycles. The van der Waals surface area contributed by atoms with E-state index in [-0.39, 0.29) is 0 Å². The standard InChI is InChI=1S/C14H21NO2/c1-9(2)14-11-8-13(17-4)12(16-3)7-10(11)5-6-15-14/h7-9,14-15H,5-6H2,1-4H3. The fourth-order valence-corrected chi connectivity index (χ4v) is 2.51. The van der Waals surface area contributed by atoms with Crippen molar-refractivity contribution in [1.82, 2.24) is 5.32 Å². The predicted octanol–water partition coefficient (Wildman–Crippen LogP) is 2.55. The highest BCUT2D eigenvalue weighted by Gasteiger charge is 2.24. The van der Waals surface area contributed by atoms with Crippen molar-refractivity contribution >= 4 is 0 Å². The van der Waals surface area contributed by atoms with E-state index in [1.54, 1.807) is 14.2 Å². The summed E-state index contributed by atoms with van der Waals surface area (Å²) in [5.74, 6) is 2.23. The van der Waals surface area contributed by atoms with E-state index in [2.05, 4.69) is 31.3 Å². The average molecular weight is 235 g/mol. The first-order valence-corrected chi connectivity index (χ1v) is 6.15. The minimum absolute atomic E-state index is 0.415. The first-order valence-electron chi connectivity index (χ1n) is 6.15. The minimum atomic E-state index is 0.415. The van der Waals surface area contributed by atoms with E-state index >= 15 is 0 Å². The third-order valence-corrected chi connectivity index (χ3v) is 3.41. The first kappa shape index (κ1) is 12.2. The molecule has 1 unspecified atom stereocenters. The number of ether oxygens (including phenoxy) is 2. The molecule has 1 atom stereocenters. The second kappa shape index (κ2) is 4.96. The third kappa shape index (κ3) is 2.25. The lowest BCUT2D eigenvalue weighted by molar-refractivity contribution is 0.347. The zero-order valence-corrected chi connectivity index (χ0v) is 11.0. The van der Waals surface area contributed by atoms with E-state index in [0.29, 0.717) is 12.0 Å². The summed E-state index contributed by atoms with van der Waals surface area (Å²) < 4.78 is 10.7. The van der Waals surface area contributed by atoms with Gasteiger partial charge in [0.25, 0.3) is 0 Å². The maximum Gasteiger partial charge on any atom is 0.161 e. The Labute approximate surface area is 103 Å². The molecule has 17 heavy (non-hydrogen) atoms. The zero-order valence-electron chi connectivity index (χ0n) is 11.0. The van der Waals surface area contributed by atoms with Crippen LogP contribution in [0.3, 0.4) is 0 Å². The Morgan fingerprint density at radius 3 is 2.41 bits per heavy atom. The molecule has 0 saturated carbocycles. The predicted molar refractivity (Wildman–Crippen MR) is 68.8 cm³/mol. The largest absolute Gasteiger partial charge is 0.493 e. The van der Waals surface area contributed by atoms with Crippen molar-refractivity contribution < 1.29 is 9.47 Å². The van der Waals surface area contributed by atoms with Crippen LogP contribution in [-0.2, 0) is 6.42 Å². The Hall–Kier alpha value is -1.22. The third-order valence-electron chi connectivity index (χ3n) is 3.41. The molecule has 1 N–H and O–H groups in total. The Morgan fingerprint density at radius 1 is 1.18 bits per heavy atom. The van der Waals surface area contributed by atoms with E-state index in [1.807, 2.05) is 0 Å². The van der Waals surface area contributed by atoms with Gasteiger partial charge in [0, 0.05) is 6.04 Å². The van der Waals surface area contributed by atoms with Gasteiger partial charge in [0.1, 0.15) is 0 Å². The topological polar surface area (TPSA) is 30.5 Å². The van der Waals surface area contributed by atoms with Crippen LogP contribution in [0, 0.1) is 5.92 Å². The van der Waals surface area contributed by atoms with E-state index in [0.717, 1.165) is 24.5 Å². The number of fused-ring (bicyclic) bond motifs is 1. The summed E-state index contributed by atoms with van der Waals surface area (Å²) in [6.45, 7) is 5.51. The molecule has 0 aliphatic carbocycles. The number of rotatable bonds is 3. The van der Waals surface area contributed by atoms with E-state index in [4.69, 9.17) is 9.47 Å². The van der Waals surface area contributed by atoms with Gasteiger partial charge in [-0.25, -0.2) is 0 Å². The van der Waals surface area contributed by atoms with Gasteiger partial charge in [0.05, 0.1) is 14.2 Å². The Balaban J connectivity index is 2.47. The molecule has 2 rings (SSSR count). The number of hydrogen-bond donors (Lipinski definition) is 1. The van der Waals surface area contributed by atoms with Crippen LogP contribution in [-0.4, -0.2) is 20.8 Å². The maximum atomic E-state index is 5.38. The minimum Gasteiger partial charge on any atom is -0.493 e. The Morgan fingerprint density at radius 2 is 1.82 bits per heavy atom. The maximum absolute atomic E-state index is 5.38. The van der Waals surface area contributed by atoms with Crippen molar-refractivity contribution in [2.75, 3.05) is 20.8 Å². The SMILES string of the molecule is COc1cc2c(cc1OC)C(C(C)C)NCC2. The van der Waals surface area contributed by atoms with Crippen molar-refractivity contribution in [3.05, 3.63) is 23.3 Å². The van der Waals surface area contributed by atoms with Crippen molar-refractivity contribution in [2.45, 2.75) is 26.3 Å². The molecule has 0 spiro atoms. The highest BCUT2D eigenvalue weighted by molar-refractivity contribution is 5.49. The molecule has 0 bridgehead atoms. The molecule has 0 radical (unpaired) electrons. The molecule has 0 fully saturated rings. The zero-order chi connectivity index (χ0) is 12.4. The second-order valence-electron chi connectivity index (χ2n) is 4.83. The van der Waals surface area contributed by atoms with Gasteiger partial charge in [-0.3, -0.25) is 0 Å². The lowest BCUT2D eigenvalue weighted by Gasteiger charge is -2.30. The van der Waals surface area contributed by atoms with Gasteiger partial charge in [-0.15, -0.1) is 0 Å². The highest BCUT2D eigenvalue weighted by atomic mass is 16.5. The molecule has 1 heterocycles. The van der Waals surface area contributed by atoms with Crippen LogP contribution < -0.4 is 14.8 Å². The fourth-order valence-electron chi connectivity index (χ4n) is 2.51. The smallest absolute Gasteiger partial charge is 0.161 e. The molecule has 0 amide bonds. The first-order chi connectivity index (χ1) is 8.17. The molecular formula is C14H21NO2. The molecule has 1 aliphatic heterocycles. The average Bonchev–Trinajstić information content (AvgIpc) is 2.35. The lowest BCUT2D eigenvalue weighted by atomic mass is 9.87. The van der Waals surface area contributed by atoms with Crippen LogP contribution >= 0.6 is 0 Å². The van der Waals surface area contributed by atoms with Gasteiger partial charge in [0.15, 0.2) is 11.5 Å². The molecular weight excluding hydrogens is 214 g/mol. The molecule has 1 aromatic carbocycles. The monoisotopic (exact) mass is 235 g/mol. The van der Waals surface area contributed by atoms with Crippen molar-refractivity contribution in [3.63, 3.8) is 0 Å². The number of hydrogen-bond acceptors (Lipinski definition) is 3. The van der Waals surface area contributed by atoms with Gasteiger partial charge in [-0.1, -0.05) is 13.8 Å². The van der Waals surface area contributed by atoms with Crippen molar-refractivity contribution in [3.8, 4) is 11.5 Å². The lowest BCUT2D eigenvalue weighted by Crippen LogP contribution is -2.33. The molecule has 0 saturated heterocycles. The summed E-state index contributed by atoms with van der Waals surface area (Å²) in [5.41, 5.74) is 2.73. The van der Waals surface area contributed by atoms with Gasteiger partial charge in [-0.05, 0) is 42.1 Å². The van der Waals surface area contributed by atoms with Crippen LogP contribution in [0.4, 0.5) is 0 Å². The summed E-state index contributed by atoms with van der Waals surface area (Å²) in [6, 6.07) is 4.65. The quantitative estimate of drug-likeness (QED) is 0.873. The summed E-state index contributed by atoms with van der Waals surface area (Å²) in [5, 5.41) is 3.57. The van der Waals surface area contributed by atoms with E-state index in [1.165, 1.54) is 11.1 Å². The highest BCUT2D eigenvalue weighted by Crippen LogP contribution is 2.37. The molecule has 1 aromatic rings. The summed E-state index contributed by atoms with van der Waals surface area (Å²) in [4.78, 5) is 0. The fraction of sp³-hybridized carbons (Fsp3) is 0.571. The number of methoxy groups -OCH3 is 2. The van der Waals surface area contributed by atoms with E-state index in [9.17, 15) is 0 Å². The summed E-state index contributed by atoms with van der Waals surface area (Å²) in [6.07, 6.45) is 1.05. The Bertz CT molecular complexity index is 401. The summed E-state index contributed by atoms with van der Waals surface area (Å²) in [7, 11) is 3.37. The van der Waals surface area contributed by atoms with Crippen molar-refractivity contribution in [1.29, 1.82) is 0 Å². The molecule has 1 aliphatic rings. The molecule has 94 valence electrons. The molecule has 3 nitrogen and oxygen atoms in total. The van der Waals surface area contributed by atoms with Crippen LogP contribution in [0.5, 0.6) is 11.5 Å². The van der Waals surface area contributed by atoms with Gasteiger partial charge in [-0.2, -0.15) is 0 Å². The van der Waals surface area contributed by atoms with Gasteiger partial charge < -0.3 is 14.8 Å². The number of benzene rings is 1. The van der Waals surface area contributed by atoms with Gasteiger partial charge >= 0.3 is 0 Å². The Kier molecular flexibility index (Phi) is 3.57. The van der Waals surface area contributed by atoms with Gasteiger partial charge in [0.2, 0.25) is 0 Å². The second-order valence-corrected chi connectivity index (χ2v) is 4.83. The molecule has 3 heteroatoms. The number of nitrogens with one attached hydrogen (secondary N) is 1. The van der Waals surface area contributed by atoms with Crippen LogP contribution in [0.25, 0.3) is 0 Å². The van der Waals surface area contributed by atoms with Crippen LogP contribution in [0.1, 0.15) is 31.0 Å². The normalized spacial score (nSPS) is 19.0. The van der Waals surface area contributed by atoms with Crippen LogP contribution in [0.2, 0.25) is 0 Å². The summed E-state index contributed by atoms with van der Waals surface area (Å²) >= 11 is 0.